The van der Waals surface area contributed by atoms with Crippen molar-refractivity contribution in [3.8, 4) is 0 Å². The molecule has 0 heterocycles. The first-order valence-corrected chi connectivity index (χ1v) is 24.7. The predicted molar refractivity (Wildman–Crippen MR) is 241 cm³/mol. The molecule has 0 spiro atoms. The molecule has 0 aromatic rings. The molecule has 0 saturated heterocycles. The maximum atomic E-state index is 12.6. The van der Waals surface area contributed by atoms with Gasteiger partial charge in [0.15, 0.2) is 0 Å². The molecule has 1 amide bonds. The molecule has 0 radical (unpaired) electrons. The van der Waals surface area contributed by atoms with Gasteiger partial charge in [0.05, 0.1) is 12.5 Å². The Labute approximate surface area is 353 Å². The molecule has 2 N–H and O–H groups in total. The molecule has 0 aliphatic carbocycles. The van der Waals surface area contributed by atoms with E-state index >= 15 is 0 Å². The van der Waals surface area contributed by atoms with Gasteiger partial charge in [0.2, 0.25) is 5.91 Å². The van der Waals surface area contributed by atoms with E-state index in [9.17, 15) is 19.5 Å². The number of carbonyl (C=O) groups is 3. The van der Waals surface area contributed by atoms with Crippen LogP contribution in [0.4, 0.5) is 0 Å². The topological polar surface area (TPSA) is 105 Å². The third-order valence-corrected chi connectivity index (χ3v) is 12.0. The van der Waals surface area contributed by atoms with Crippen LogP contribution in [0.25, 0.3) is 0 Å². The third kappa shape index (κ3) is 36.0. The minimum absolute atomic E-state index is 0.0428. The van der Waals surface area contributed by atoms with Crippen molar-refractivity contribution in [1.82, 2.24) is 10.2 Å². The lowest BCUT2D eigenvalue weighted by atomic mass is 9.80. The summed E-state index contributed by atoms with van der Waals surface area (Å²) in [6.07, 6.45) is 37.4. The molecule has 0 fully saturated rings. The minimum Gasteiger partial charge on any atom is -0.481 e. The maximum absolute atomic E-state index is 12.6. The van der Waals surface area contributed by atoms with Crippen molar-refractivity contribution in [2.75, 3.05) is 39.9 Å². The monoisotopic (exact) mass is 809 g/mol. The predicted octanol–water partition coefficient (Wildman–Crippen LogP) is 13.2. The minimum atomic E-state index is -0.575. The van der Waals surface area contributed by atoms with E-state index in [1.165, 1.54) is 109 Å². The maximum Gasteiger partial charge on any atom is 0.306 e. The summed E-state index contributed by atoms with van der Waals surface area (Å²) in [5.74, 6) is -0.570. The number of unbranched alkanes of at least 4 members (excludes halogenated alkanes) is 23. The van der Waals surface area contributed by atoms with Gasteiger partial charge in [0.25, 0.3) is 0 Å². The van der Waals surface area contributed by atoms with Gasteiger partial charge in [-0.25, -0.2) is 0 Å². The zero-order valence-electron chi connectivity index (χ0n) is 38.5. The number of aliphatic carboxylic acids is 1. The molecule has 0 saturated carbocycles. The summed E-state index contributed by atoms with van der Waals surface area (Å²) in [5, 5.41) is 13.3. The number of hydrogen-bond donors (Lipinski definition) is 2. The Morgan fingerprint density at radius 1 is 0.544 bits per heavy atom. The third-order valence-electron chi connectivity index (χ3n) is 12.0. The Balaban J connectivity index is 4.69. The van der Waals surface area contributed by atoms with Gasteiger partial charge in [-0.1, -0.05) is 175 Å². The number of amides is 1. The van der Waals surface area contributed by atoms with Crippen LogP contribution < -0.4 is 5.32 Å². The van der Waals surface area contributed by atoms with Crippen LogP contribution >= 0.6 is 0 Å². The molecule has 0 aliphatic rings. The highest BCUT2D eigenvalue weighted by Gasteiger charge is 2.27. The van der Waals surface area contributed by atoms with Gasteiger partial charge in [-0.15, -0.1) is 0 Å². The van der Waals surface area contributed by atoms with Crippen molar-refractivity contribution in [2.24, 2.45) is 11.8 Å². The molecule has 0 bridgehead atoms. The van der Waals surface area contributed by atoms with Crippen LogP contribution in [-0.4, -0.2) is 73.9 Å². The second-order valence-electron chi connectivity index (χ2n) is 17.2. The largest absolute Gasteiger partial charge is 0.481 e. The SMILES string of the molecule is CCCCCCCCCOC(=O)CCCCCCCN(CCCCCCC(C(=O)O)C(CCCCCCCC)CCCCCCCC)CCCNC(=O)C(C)OC. The lowest BCUT2D eigenvalue weighted by Gasteiger charge is -2.25. The van der Waals surface area contributed by atoms with Crippen molar-refractivity contribution in [2.45, 2.75) is 246 Å². The molecule has 338 valence electrons. The molecule has 57 heavy (non-hydrogen) atoms. The van der Waals surface area contributed by atoms with Gasteiger partial charge in [0.1, 0.15) is 6.10 Å². The zero-order valence-corrected chi connectivity index (χ0v) is 38.5. The summed E-state index contributed by atoms with van der Waals surface area (Å²) in [6.45, 7) is 12.8. The fourth-order valence-corrected chi connectivity index (χ4v) is 8.09. The number of rotatable bonds is 45. The summed E-state index contributed by atoms with van der Waals surface area (Å²) < 4.78 is 10.6. The Morgan fingerprint density at radius 2 is 0.965 bits per heavy atom. The molecule has 2 atom stereocenters. The smallest absolute Gasteiger partial charge is 0.306 e. The Kier molecular flexibility index (Phi) is 41.2. The summed E-state index contributed by atoms with van der Waals surface area (Å²) >= 11 is 0. The van der Waals surface area contributed by atoms with Crippen molar-refractivity contribution in [3.63, 3.8) is 0 Å². The molecule has 2 unspecified atom stereocenters. The number of nitrogens with zero attached hydrogens (tertiary/aromatic N) is 1. The first-order chi connectivity index (χ1) is 27.8. The van der Waals surface area contributed by atoms with Crippen LogP contribution in [0.1, 0.15) is 240 Å². The lowest BCUT2D eigenvalue weighted by molar-refractivity contribution is -0.145. The van der Waals surface area contributed by atoms with E-state index in [1.54, 1.807) is 14.0 Å². The number of carbonyl (C=O) groups excluding carboxylic acids is 2. The fraction of sp³-hybridized carbons (Fsp3) is 0.939. The van der Waals surface area contributed by atoms with E-state index in [4.69, 9.17) is 9.47 Å². The number of esters is 1. The average Bonchev–Trinajstić information content (AvgIpc) is 3.20. The normalized spacial score (nSPS) is 12.7. The van der Waals surface area contributed by atoms with Crippen LogP contribution in [0.5, 0.6) is 0 Å². The van der Waals surface area contributed by atoms with E-state index in [1.807, 2.05) is 0 Å². The number of ether oxygens (including phenoxy) is 2. The Morgan fingerprint density at radius 3 is 1.46 bits per heavy atom. The molecule has 0 aromatic carbocycles. The summed E-state index contributed by atoms with van der Waals surface area (Å²) in [7, 11) is 1.56. The second-order valence-corrected chi connectivity index (χ2v) is 17.2. The number of methoxy groups -OCH3 is 1. The summed E-state index contributed by atoms with van der Waals surface area (Å²) in [4.78, 5) is 39.4. The summed E-state index contributed by atoms with van der Waals surface area (Å²) in [5.41, 5.74) is 0. The number of hydrogen-bond acceptors (Lipinski definition) is 6. The van der Waals surface area contributed by atoms with Crippen molar-refractivity contribution >= 4 is 17.8 Å². The second kappa shape index (κ2) is 42.5. The lowest BCUT2D eigenvalue weighted by Crippen LogP contribution is -2.36. The van der Waals surface area contributed by atoms with Crippen LogP contribution in [0, 0.1) is 11.8 Å². The van der Waals surface area contributed by atoms with Crippen LogP contribution in [0.3, 0.4) is 0 Å². The van der Waals surface area contributed by atoms with E-state index in [0.29, 0.717) is 25.5 Å². The van der Waals surface area contributed by atoms with Gasteiger partial charge < -0.3 is 24.8 Å². The van der Waals surface area contributed by atoms with Gasteiger partial charge in [-0.2, -0.15) is 0 Å². The first-order valence-electron chi connectivity index (χ1n) is 24.7. The standard InChI is InChI=1S/C49H96N2O6/c1-6-9-12-15-18-26-33-43-57-47(52)38-30-22-19-24-31-40-51(42-34-39-50-48(53)44(4)56-5)41-32-25-23-29-37-46(49(54)55)45(35-27-20-16-13-10-7-2)36-28-21-17-14-11-8-3/h44-46H,6-43H2,1-5H3,(H,50,53)(H,54,55). The van der Waals surface area contributed by atoms with E-state index in [0.717, 1.165) is 116 Å². The molecule has 0 rings (SSSR count). The first kappa shape index (κ1) is 55.3. The molecular weight excluding hydrogens is 713 g/mol. The van der Waals surface area contributed by atoms with Crippen LogP contribution in [0.2, 0.25) is 0 Å². The van der Waals surface area contributed by atoms with E-state index in [2.05, 4.69) is 31.0 Å². The Hall–Kier alpha value is -1.67. The van der Waals surface area contributed by atoms with Crippen LogP contribution in [-0.2, 0) is 23.9 Å². The van der Waals surface area contributed by atoms with Gasteiger partial charge in [-0.05, 0) is 83.8 Å². The van der Waals surface area contributed by atoms with Crippen LogP contribution in [0.15, 0.2) is 0 Å². The fourth-order valence-electron chi connectivity index (χ4n) is 8.09. The van der Waals surface area contributed by atoms with E-state index < -0.39 is 12.1 Å². The van der Waals surface area contributed by atoms with Crippen molar-refractivity contribution < 1.29 is 29.0 Å². The highest BCUT2D eigenvalue weighted by molar-refractivity contribution is 5.80. The van der Waals surface area contributed by atoms with Crippen molar-refractivity contribution in [1.29, 1.82) is 0 Å². The highest BCUT2D eigenvalue weighted by atomic mass is 16.5. The molecule has 8 heteroatoms. The summed E-state index contributed by atoms with van der Waals surface area (Å²) in [6, 6.07) is 0. The molecule has 0 aromatic heterocycles. The number of carboxylic acids is 1. The average molecular weight is 809 g/mol. The number of carboxylic acid groups (broad SMARTS) is 1. The highest BCUT2D eigenvalue weighted by Crippen LogP contribution is 2.30. The van der Waals surface area contributed by atoms with Crippen molar-refractivity contribution in [3.05, 3.63) is 0 Å². The molecular formula is C49H96N2O6. The number of nitrogens with one attached hydrogen (secondary N) is 1. The van der Waals surface area contributed by atoms with E-state index in [-0.39, 0.29) is 17.8 Å². The molecule has 8 nitrogen and oxygen atoms in total. The Bertz CT molecular complexity index is 885. The van der Waals surface area contributed by atoms with Gasteiger partial charge in [0, 0.05) is 20.1 Å². The zero-order chi connectivity index (χ0) is 42.0. The van der Waals surface area contributed by atoms with Gasteiger partial charge >= 0.3 is 11.9 Å². The molecule has 0 aliphatic heterocycles. The van der Waals surface area contributed by atoms with Gasteiger partial charge in [-0.3, -0.25) is 14.4 Å². The quantitative estimate of drug-likeness (QED) is 0.0466.